The first-order valence-corrected chi connectivity index (χ1v) is 6.28. The monoisotopic (exact) mass is 237 g/mol. The van der Waals surface area contributed by atoms with E-state index in [0.29, 0.717) is 6.42 Å². The molecule has 1 aliphatic heterocycles. The van der Waals surface area contributed by atoms with E-state index in [1.807, 2.05) is 18.2 Å². The highest BCUT2D eigenvalue weighted by molar-refractivity contribution is 5.78. The van der Waals surface area contributed by atoms with Crippen molar-refractivity contribution in [2.75, 3.05) is 0 Å². The Morgan fingerprint density at radius 2 is 1.56 bits per heavy atom. The smallest absolute Gasteiger partial charge is 0.220 e. The molecule has 1 N–H and O–H groups in total. The summed E-state index contributed by atoms with van der Waals surface area (Å²) in [5.74, 6) is 0.159. The Bertz CT molecular complexity index is 545. The second-order valence-electron chi connectivity index (χ2n) is 4.65. The van der Waals surface area contributed by atoms with Crippen LogP contribution in [0.2, 0.25) is 0 Å². The van der Waals surface area contributed by atoms with Gasteiger partial charge in [-0.25, -0.2) is 0 Å². The molecule has 0 spiro atoms. The average molecular weight is 237 g/mol. The molecule has 0 saturated carbocycles. The zero-order valence-electron chi connectivity index (χ0n) is 10.1. The van der Waals surface area contributed by atoms with Gasteiger partial charge in [-0.05, 0) is 23.1 Å². The first kappa shape index (κ1) is 11.0. The third-order valence-corrected chi connectivity index (χ3v) is 3.42. The Balaban J connectivity index is 1.83. The quantitative estimate of drug-likeness (QED) is 0.853. The van der Waals surface area contributed by atoms with Gasteiger partial charge in [-0.1, -0.05) is 54.6 Å². The number of hydrogen-bond donors (Lipinski definition) is 1. The second kappa shape index (κ2) is 4.65. The van der Waals surface area contributed by atoms with E-state index in [2.05, 4.69) is 41.7 Å². The molecule has 90 valence electrons. The Morgan fingerprint density at radius 1 is 0.889 bits per heavy atom. The molecule has 0 aliphatic carbocycles. The van der Waals surface area contributed by atoms with Gasteiger partial charge < -0.3 is 5.32 Å². The van der Waals surface area contributed by atoms with Crippen LogP contribution in [-0.2, 0) is 4.79 Å². The van der Waals surface area contributed by atoms with Crippen molar-refractivity contribution in [2.24, 2.45) is 0 Å². The van der Waals surface area contributed by atoms with E-state index in [9.17, 15) is 4.79 Å². The molecular weight excluding hydrogens is 222 g/mol. The van der Waals surface area contributed by atoms with Crippen molar-refractivity contribution in [1.29, 1.82) is 0 Å². The molecule has 2 aromatic rings. The fourth-order valence-corrected chi connectivity index (χ4v) is 2.40. The van der Waals surface area contributed by atoms with E-state index in [-0.39, 0.29) is 11.9 Å². The second-order valence-corrected chi connectivity index (χ2v) is 4.65. The van der Waals surface area contributed by atoms with Crippen LogP contribution >= 0.6 is 0 Å². The predicted octanol–water partition coefficient (Wildman–Crippen LogP) is 3.30. The summed E-state index contributed by atoms with van der Waals surface area (Å²) in [6.45, 7) is 0. The summed E-state index contributed by atoms with van der Waals surface area (Å²) in [7, 11) is 0. The zero-order valence-corrected chi connectivity index (χ0v) is 10.1. The number of nitrogens with one attached hydrogen (secondary N) is 1. The van der Waals surface area contributed by atoms with E-state index in [0.717, 1.165) is 6.42 Å². The van der Waals surface area contributed by atoms with Crippen LogP contribution in [-0.4, -0.2) is 5.91 Å². The summed E-state index contributed by atoms with van der Waals surface area (Å²) in [6, 6.07) is 19.0. The molecule has 0 radical (unpaired) electrons. The lowest BCUT2D eigenvalue weighted by Gasteiger charge is -2.11. The van der Waals surface area contributed by atoms with Gasteiger partial charge in [0.1, 0.15) is 0 Å². The fraction of sp³-hybridized carbons (Fsp3) is 0.188. The molecule has 1 unspecified atom stereocenters. The van der Waals surface area contributed by atoms with Crippen molar-refractivity contribution >= 4 is 5.91 Å². The van der Waals surface area contributed by atoms with Gasteiger partial charge in [0, 0.05) is 6.42 Å². The Labute approximate surface area is 107 Å². The van der Waals surface area contributed by atoms with E-state index in [4.69, 9.17) is 0 Å². The first-order chi connectivity index (χ1) is 8.83. The molecule has 1 atom stereocenters. The van der Waals surface area contributed by atoms with Crippen LogP contribution in [0, 0.1) is 0 Å². The molecule has 18 heavy (non-hydrogen) atoms. The maximum Gasteiger partial charge on any atom is 0.220 e. The lowest BCUT2D eigenvalue weighted by molar-refractivity contribution is -0.119. The number of amides is 1. The van der Waals surface area contributed by atoms with Crippen LogP contribution in [0.25, 0.3) is 11.1 Å². The minimum atomic E-state index is 0.159. The Hall–Kier alpha value is -2.09. The lowest BCUT2D eigenvalue weighted by atomic mass is 10.0. The Kier molecular flexibility index (Phi) is 2.85. The average Bonchev–Trinajstić information content (AvgIpc) is 2.87. The van der Waals surface area contributed by atoms with Gasteiger partial charge in [-0.15, -0.1) is 0 Å². The van der Waals surface area contributed by atoms with Gasteiger partial charge in [0.2, 0.25) is 5.91 Å². The molecule has 2 aromatic carbocycles. The summed E-state index contributed by atoms with van der Waals surface area (Å²) in [4.78, 5) is 11.2. The van der Waals surface area contributed by atoms with Crippen molar-refractivity contribution in [3.63, 3.8) is 0 Å². The molecule has 0 bridgehead atoms. The zero-order chi connectivity index (χ0) is 12.4. The minimum absolute atomic E-state index is 0.159. The van der Waals surface area contributed by atoms with E-state index in [1.165, 1.54) is 16.7 Å². The van der Waals surface area contributed by atoms with Crippen LogP contribution in [0.4, 0.5) is 0 Å². The van der Waals surface area contributed by atoms with Gasteiger partial charge in [-0.2, -0.15) is 0 Å². The third-order valence-electron chi connectivity index (χ3n) is 3.42. The summed E-state index contributed by atoms with van der Waals surface area (Å²) in [5, 5.41) is 2.99. The van der Waals surface area contributed by atoms with Crippen molar-refractivity contribution in [1.82, 2.24) is 5.32 Å². The molecule has 2 nitrogen and oxygen atoms in total. The van der Waals surface area contributed by atoms with Crippen LogP contribution in [0.3, 0.4) is 0 Å². The Morgan fingerprint density at radius 3 is 2.17 bits per heavy atom. The molecular formula is C16H15NO. The van der Waals surface area contributed by atoms with Gasteiger partial charge >= 0.3 is 0 Å². The highest BCUT2D eigenvalue weighted by atomic mass is 16.1. The molecule has 1 aliphatic rings. The van der Waals surface area contributed by atoms with Gasteiger partial charge in [-0.3, -0.25) is 4.79 Å². The number of benzene rings is 2. The maximum absolute atomic E-state index is 11.2. The molecule has 1 fully saturated rings. The maximum atomic E-state index is 11.2. The van der Waals surface area contributed by atoms with Crippen molar-refractivity contribution < 1.29 is 4.79 Å². The number of carbonyl (C=O) groups is 1. The highest BCUT2D eigenvalue weighted by Crippen LogP contribution is 2.26. The summed E-state index contributed by atoms with van der Waals surface area (Å²) < 4.78 is 0. The van der Waals surface area contributed by atoms with Crippen molar-refractivity contribution in [3.05, 3.63) is 60.2 Å². The predicted molar refractivity (Wildman–Crippen MR) is 72.0 cm³/mol. The molecule has 2 heteroatoms. The largest absolute Gasteiger partial charge is 0.349 e. The van der Waals surface area contributed by atoms with E-state index in [1.54, 1.807) is 0 Å². The minimum Gasteiger partial charge on any atom is -0.349 e. The normalized spacial score (nSPS) is 18.7. The summed E-state index contributed by atoms with van der Waals surface area (Å²) in [5.41, 5.74) is 3.63. The number of rotatable bonds is 2. The molecule has 0 aromatic heterocycles. The van der Waals surface area contributed by atoms with Gasteiger partial charge in [0.15, 0.2) is 0 Å². The molecule has 1 amide bonds. The van der Waals surface area contributed by atoms with Gasteiger partial charge in [0.25, 0.3) is 0 Å². The molecule has 1 saturated heterocycles. The van der Waals surface area contributed by atoms with Gasteiger partial charge in [0.05, 0.1) is 6.04 Å². The van der Waals surface area contributed by atoms with Crippen LogP contribution in [0.15, 0.2) is 54.6 Å². The molecule has 3 rings (SSSR count). The highest BCUT2D eigenvalue weighted by Gasteiger charge is 2.21. The summed E-state index contributed by atoms with van der Waals surface area (Å²) >= 11 is 0. The number of carbonyl (C=O) groups excluding carboxylic acids is 1. The standard InChI is InChI=1S/C16H15NO/c18-16-11-10-15(17-16)14-8-6-13(7-9-14)12-4-2-1-3-5-12/h1-9,15H,10-11H2,(H,17,18). The first-order valence-electron chi connectivity index (χ1n) is 6.28. The van der Waals surface area contributed by atoms with Crippen LogP contribution in [0.5, 0.6) is 0 Å². The lowest BCUT2D eigenvalue weighted by Crippen LogP contribution is -2.18. The SMILES string of the molecule is O=C1CCC(c2ccc(-c3ccccc3)cc2)N1. The van der Waals surface area contributed by atoms with Crippen molar-refractivity contribution in [2.45, 2.75) is 18.9 Å². The summed E-state index contributed by atoms with van der Waals surface area (Å²) in [6.07, 6.45) is 1.55. The van der Waals surface area contributed by atoms with Crippen LogP contribution in [0.1, 0.15) is 24.4 Å². The molecule has 1 heterocycles. The van der Waals surface area contributed by atoms with E-state index >= 15 is 0 Å². The van der Waals surface area contributed by atoms with E-state index < -0.39 is 0 Å². The third kappa shape index (κ3) is 2.14. The fourth-order valence-electron chi connectivity index (χ4n) is 2.40. The number of hydrogen-bond acceptors (Lipinski definition) is 1. The van der Waals surface area contributed by atoms with Crippen LogP contribution < -0.4 is 5.32 Å². The van der Waals surface area contributed by atoms with Crippen molar-refractivity contribution in [3.8, 4) is 11.1 Å². The topological polar surface area (TPSA) is 29.1 Å².